The fraction of sp³-hybridized carbons (Fsp3) is 0.333. The Kier molecular flexibility index (Phi) is 12.1. The van der Waals surface area contributed by atoms with Gasteiger partial charge in [-0.05, 0) is 42.7 Å². The highest BCUT2D eigenvalue weighted by molar-refractivity contribution is 7.92. The van der Waals surface area contributed by atoms with Crippen LogP contribution in [-0.2, 0) is 32.6 Å². The summed E-state index contributed by atoms with van der Waals surface area (Å²) in [6, 6.07) is 16.1. The highest BCUT2D eigenvalue weighted by Gasteiger charge is 2.31. The lowest BCUT2D eigenvalue weighted by Crippen LogP contribution is -2.50. The molecule has 0 aliphatic carbocycles. The van der Waals surface area contributed by atoms with Crippen LogP contribution in [0.15, 0.2) is 66.7 Å². The van der Waals surface area contributed by atoms with Crippen LogP contribution in [0, 0.1) is 11.6 Å². The van der Waals surface area contributed by atoms with E-state index in [0.29, 0.717) is 28.6 Å². The number of rotatable bonds is 14. The van der Waals surface area contributed by atoms with E-state index in [9.17, 15) is 26.8 Å². The van der Waals surface area contributed by atoms with Crippen molar-refractivity contribution in [2.75, 3.05) is 23.7 Å². The summed E-state index contributed by atoms with van der Waals surface area (Å²) in [4.78, 5) is 28.7. The number of anilines is 1. The molecule has 2 amide bonds. The van der Waals surface area contributed by atoms with Gasteiger partial charge in [-0.1, -0.05) is 66.5 Å². The maximum absolute atomic E-state index is 13.9. The molecule has 0 aliphatic rings. The van der Waals surface area contributed by atoms with Crippen LogP contribution >= 0.6 is 23.2 Å². The van der Waals surface area contributed by atoms with Gasteiger partial charge in [-0.25, -0.2) is 17.2 Å². The fourth-order valence-electron chi connectivity index (χ4n) is 4.42. The molecule has 12 heteroatoms. The Labute approximate surface area is 255 Å². The molecule has 0 aliphatic heterocycles. The second kappa shape index (κ2) is 15.3. The molecule has 0 aromatic heterocycles. The Morgan fingerprint density at radius 1 is 0.952 bits per heavy atom. The van der Waals surface area contributed by atoms with Crippen LogP contribution in [0.1, 0.15) is 37.3 Å². The first kappa shape index (κ1) is 33.3. The monoisotopic (exact) mass is 639 g/mol. The van der Waals surface area contributed by atoms with Gasteiger partial charge in [0.15, 0.2) is 11.6 Å². The predicted molar refractivity (Wildman–Crippen MR) is 162 cm³/mol. The average molecular weight is 641 g/mol. The summed E-state index contributed by atoms with van der Waals surface area (Å²) in [6.45, 7) is 2.09. The van der Waals surface area contributed by atoms with Crippen molar-refractivity contribution in [1.82, 2.24) is 10.2 Å². The maximum atomic E-state index is 13.9. The lowest BCUT2D eigenvalue weighted by molar-refractivity contribution is -0.141. The largest absolute Gasteiger partial charge is 0.354 e. The van der Waals surface area contributed by atoms with Gasteiger partial charge in [0.1, 0.15) is 6.04 Å². The molecule has 0 saturated carbocycles. The van der Waals surface area contributed by atoms with Crippen LogP contribution in [0.3, 0.4) is 0 Å². The molecule has 7 nitrogen and oxygen atoms in total. The van der Waals surface area contributed by atoms with E-state index in [4.69, 9.17) is 23.2 Å². The molecule has 1 atom stereocenters. The number of nitrogens with one attached hydrogen (secondary N) is 1. The van der Waals surface area contributed by atoms with Crippen LogP contribution < -0.4 is 9.62 Å². The van der Waals surface area contributed by atoms with Gasteiger partial charge in [0.05, 0.1) is 11.9 Å². The van der Waals surface area contributed by atoms with Crippen LogP contribution in [0.25, 0.3) is 0 Å². The molecule has 0 radical (unpaired) electrons. The van der Waals surface area contributed by atoms with Crippen molar-refractivity contribution in [3.63, 3.8) is 0 Å². The summed E-state index contributed by atoms with van der Waals surface area (Å²) in [6.07, 6.45) is 1.74. The summed E-state index contributed by atoms with van der Waals surface area (Å²) in [5, 5.41) is 3.53. The quantitative estimate of drug-likeness (QED) is 0.235. The number of benzene rings is 3. The predicted octanol–water partition coefficient (Wildman–Crippen LogP) is 5.98. The highest BCUT2D eigenvalue weighted by Crippen LogP contribution is 2.28. The van der Waals surface area contributed by atoms with Crippen molar-refractivity contribution in [2.45, 2.75) is 45.2 Å². The van der Waals surface area contributed by atoms with Gasteiger partial charge >= 0.3 is 0 Å². The van der Waals surface area contributed by atoms with E-state index in [-0.39, 0.29) is 43.9 Å². The number of nitrogens with zero attached hydrogens (tertiary/aromatic N) is 2. The summed E-state index contributed by atoms with van der Waals surface area (Å²) >= 11 is 12.9. The number of carbonyl (C=O) groups is 2. The van der Waals surface area contributed by atoms with Gasteiger partial charge in [0.25, 0.3) is 0 Å². The normalized spacial score (nSPS) is 12.0. The molecular formula is C30H33Cl2F2N3O4S. The van der Waals surface area contributed by atoms with Crippen LogP contribution in [0.5, 0.6) is 0 Å². The van der Waals surface area contributed by atoms with E-state index >= 15 is 0 Å². The molecule has 3 aromatic rings. The number of amides is 2. The smallest absolute Gasteiger partial charge is 0.243 e. The standard InChI is InChI=1S/C30H33Cl2F2N3O4S/c1-3-16-35-30(39)28(18-21-9-5-4-6-10-21)36(20-23-24(31)11-7-12-25(23)32)29(38)13-8-17-37(42(2,40)41)22-14-15-26(33)27(34)19-22/h4-7,9-12,14-15,19,28H,3,8,13,16-18,20H2,1-2H3,(H,35,39). The molecule has 0 saturated heterocycles. The van der Waals surface area contributed by atoms with Gasteiger partial charge in [-0.2, -0.15) is 0 Å². The van der Waals surface area contributed by atoms with E-state index in [0.717, 1.165) is 34.3 Å². The van der Waals surface area contributed by atoms with Gasteiger partial charge in [0, 0.05) is 54.2 Å². The molecule has 3 rings (SSSR count). The van der Waals surface area contributed by atoms with Crippen molar-refractivity contribution >= 4 is 50.7 Å². The molecular weight excluding hydrogens is 607 g/mol. The van der Waals surface area contributed by atoms with Gasteiger partial charge < -0.3 is 10.2 Å². The number of hydrogen-bond acceptors (Lipinski definition) is 4. The third-order valence-electron chi connectivity index (χ3n) is 6.55. The van der Waals surface area contributed by atoms with Crippen LogP contribution in [0.4, 0.5) is 14.5 Å². The third-order valence-corrected chi connectivity index (χ3v) is 8.46. The highest BCUT2D eigenvalue weighted by atomic mass is 35.5. The van der Waals surface area contributed by atoms with Gasteiger partial charge in [-0.3, -0.25) is 13.9 Å². The van der Waals surface area contributed by atoms with Gasteiger partial charge in [-0.15, -0.1) is 0 Å². The van der Waals surface area contributed by atoms with Crippen molar-refractivity contribution < 1.29 is 26.8 Å². The fourth-order valence-corrected chi connectivity index (χ4v) is 5.89. The van der Waals surface area contributed by atoms with E-state index in [1.165, 1.54) is 4.90 Å². The van der Waals surface area contributed by atoms with E-state index < -0.39 is 33.6 Å². The zero-order chi connectivity index (χ0) is 30.9. The molecule has 0 spiro atoms. The first-order valence-corrected chi connectivity index (χ1v) is 16.0. The lowest BCUT2D eigenvalue weighted by Gasteiger charge is -2.32. The van der Waals surface area contributed by atoms with Crippen molar-refractivity contribution in [2.24, 2.45) is 0 Å². The van der Waals surface area contributed by atoms with E-state index in [1.807, 2.05) is 37.3 Å². The minimum absolute atomic E-state index is 0.0340. The molecule has 42 heavy (non-hydrogen) atoms. The molecule has 3 aromatic carbocycles. The Balaban J connectivity index is 1.92. The SMILES string of the molecule is CCCNC(=O)C(Cc1ccccc1)N(Cc1c(Cl)cccc1Cl)C(=O)CCCN(c1ccc(F)c(F)c1)S(C)(=O)=O. The number of sulfonamides is 1. The van der Waals surface area contributed by atoms with Gasteiger partial charge in [0.2, 0.25) is 21.8 Å². The summed E-state index contributed by atoms with van der Waals surface area (Å²) in [7, 11) is -3.89. The average Bonchev–Trinajstić information content (AvgIpc) is 2.94. The zero-order valence-electron chi connectivity index (χ0n) is 23.3. The summed E-state index contributed by atoms with van der Waals surface area (Å²) in [5.74, 6) is -3.09. The second-order valence-corrected chi connectivity index (χ2v) is 12.5. The lowest BCUT2D eigenvalue weighted by atomic mass is 10.0. The van der Waals surface area contributed by atoms with Crippen molar-refractivity contribution in [1.29, 1.82) is 0 Å². The Morgan fingerprint density at radius 2 is 1.62 bits per heavy atom. The molecule has 0 fully saturated rings. The van der Waals surface area contributed by atoms with Crippen LogP contribution in [0.2, 0.25) is 10.0 Å². The number of carbonyl (C=O) groups excluding carboxylic acids is 2. The zero-order valence-corrected chi connectivity index (χ0v) is 25.7. The van der Waals surface area contributed by atoms with Crippen molar-refractivity contribution in [3.8, 4) is 0 Å². The topological polar surface area (TPSA) is 86.8 Å². The van der Waals surface area contributed by atoms with Crippen molar-refractivity contribution in [3.05, 3.63) is 99.5 Å². The molecule has 0 heterocycles. The maximum Gasteiger partial charge on any atom is 0.243 e. The van der Waals surface area contributed by atoms with E-state index in [1.54, 1.807) is 18.2 Å². The Bertz CT molecular complexity index is 1470. The Hall–Kier alpha value is -3.21. The number of hydrogen-bond donors (Lipinski definition) is 1. The summed E-state index contributed by atoms with van der Waals surface area (Å²) in [5.41, 5.74) is 1.23. The number of halogens is 4. The van der Waals surface area contributed by atoms with Crippen LogP contribution in [-0.4, -0.2) is 50.5 Å². The first-order chi connectivity index (χ1) is 19.9. The molecule has 0 bridgehead atoms. The molecule has 1 unspecified atom stereocenters. The molecule has 226 valence electrons. The Morgan fingerprint density at radius 3 is 2.21 bits per heavy atom. The minimum Gasteiger partial charge on any atom is -0.354 e. The van der Waals surface area contributed by atoms with E-state index in [2.05, 4.69) is 5.32 Å². The summed E-state index contributed by atoms with van der Waals surface area (Å²) < 4.78 is 53.2. The first-order valence-electron chi connectivity index (χ1n) is 13.4. The third kappa shape index (κ3) is 9.14. The second-order valence-electron chi connectivity index (χ2n) is 9.76. The minimum atomic E-state index is -3.89. The molecule has 1 N–H and O–H groups in total.